The van der Waals surface area contributed by atoms with Crippen molar-refractivity contribution in [2.24, 2.45) is 0 Å². The lowest BCUT2D eigenvalue weighted by molar-refractivity contribution is 0.881. The Morgan fingerprint density at radius 1 is 1.41 bits per heavy atom. The second kappa shape index (κ2) is 4.60. The van der Waals surface area contributed by atoms with Crippen molar-refractivity contribution in [1.29, 1.82) is 0 Å². The van der Waals surface area contributed by atoms with E-state index in [-0.39, 0.29) is 5.82 Å². The molecule has 0 spiro atoms. The average Bonchev–Trinajstić information content (AvgIpc) is 2.30. The lowest BCUT2D eigenvalue weighted by Crippen LogP contribution is -2.26. The van der Waals surface area contributed by atoms with E-state index >= 15 is 0 Å². The lowest BCUT2D eigenvalue weighted by atomic mass is 10.1. The summed E-state index contributed by atoms with van der Waals surface area (Å²) >= 11 is 0. The number of nitrogens with one attached hydrogen (secondary N) is 3. The minimum Gasteiger partial charge on any atom is -0.360 e. The predicted molar refractivity (Wildman–Crippen MR) is 61.8 cm³/mol. The van der Waals surface area contributed by atoms with Crippen molar-refractivity contribution in [2.75, 3.05) is 5.32 Å². The predicted octanol–water partition coefficient (Wildman–Crippen LogP) is -0.226. The average molecular weight is 233 g/mol. The van der Waals surface area contributed by atoms with Gasteiger partial charge in [-0.3, -0.25) is 14.8 Å². The summed E-state index contributed by atoms with van der Waals surface area (Å²) in [7, 11) is 0. The minimum absolute atomic E-state index is 0.0841. The molecule has 2 aromatic heterocycles. The van der Waals surface area contributed by atoms with Crippen molar-refractivity contribution in [1.82, 2.24) is 20.2 Å². The largest absolute Gasteiger partial charge is 0.360 e. The van der Waals surface area contributed by atoms with Crippen molar-refractivity contribution in [2.45, 2.75) is 13.5 Å². The molecule has 7 nitrogen and oxygen atoms in total. The number of hydrogen-bond donors (Lipinski definition) is 3. The summed E-state index contributed by atoms with van der Waals surface area (Å²) in [6, 6.07) is 1.85. The van der Waals surface area contributed by atoms with Crippen molar-refractivity contribution in [3.8, 4) is 0 Å². The Bertz CT molecular complexity index is 631. The van der Waals surface area contributed by atoms with Crippen LogP contribution in [0.3, 0.4) is 0 Å². The third kappa shape index (κ3) is 2.57. The monoisotopic (exact) mass is 233 g/mol. The van der Waals surface area contributed by atoms with Gasteiger partial charge in [-0.2, -0.15) is 0 Å². The van der Waals surface area contributed by atoms with Gasteiger partial charge in [-0.25, -0.2) is 9.89 Å². The second-order valence-electron chi connectivity index (χ2n) is 3.51. The Morgan fingerprint density at radius 3 is 2.94 bits per heavy atom. The molecule has 2 rings (SSSR count). The zero-order valence-corrected chi connectivity index (χ0v) is 9.15. The number of aromatic nitrogens is 4. The Morgan fingerprint density at radius 2 is 2.24 bits per heavy atom. The van der Waals surface area contributed by atoms with Crippen molar-refractivity contribution >= 4 is 5.82 Å². The van der Waals surface area contributed by atoms with Crippen molar-refractivity contribution in [3.63, 3.8) is 0 Å². The molecule has 0 amide bonds. The number of nitrogens with zero attached hydrogens (tertiary/aromatic N) is 2. The molecule has 2 heterocycles. The molecule has 0 aliphatic carbocycles. The van der Waals surface area contributed by atoms with Gasteiger partial charge in [0.15, 0.2) is 0 Å². The zero-order chi connectivity index (χ0) is 12.3. The maximum atomic E-state index is 11.3. The molecule has 0 unspecified atom stereocenters. The molecule has 17 heavy (non-hydrogen) atoms. The van der Waals surface area contributed by atoms with Crippen LogP contribution in [0.5, 0.6) is 0 Å². The molecule has 0 aromatic carbocycles. The summed E-state index contributed by atoms with van der Waals surface area (Å²) in [5.74, 6) is 0.0841. The van der Waals surface area contributed by atoms with E-state index in [0.717, 1.165) is 11.1 Å². The molecule has 3 N–H and O–H groups in total. The van der Waals surface area contributed by atoms with E-state index in [4.69, 9.17) is 0 Å². The van der Waals surface area contributed by atoms with Crippen LogP contribution in [0.1, 0.15) is 11.1 Å². The Kier molecular flexibility index (Phi) is 2.99. The topological polar surface area (TPSA) is 104 Å². The highest BCUT2D eigenvalue weighted by Gasteiger charge is 2.02. The van der Waals surface area contributed by atoms with Crippen LogP contribution in [0.2, 0.25) is 0 Å². The quantitative estimate of drug-likeness (QED) is 0.679. The van der Waals surface area contributed by atoms with Crippen LogP contribution < -0.4 is 16.6 Å². The van der Waals surface area contributed by atoms with Gasteiger partial charge in [0.25, 0.3) is 5.56 Å². The molecule has 0 aliphatic rings. The van der Waals surface area contributed by atoms with Crippen LogP contribution in [-0.2, 0) is 6.54 Å². The van der Waals surface area contributed by atoms with Crippen LogP contribution in [0.15, 0.2) is 28.0 Å². The number of pyridine rings is 1. The first-order valence-corrected chi connectivity index (χ1v) is 4.99. The van der Waals surface area contributed by atoms with Gasteiger partial charge in [-0.1, -0.05) is 0 Å². The first-order valence-electron chi connectivity index (χ1n) is 4.99. The molecule has 7 heteroatoms. The summed E-state index contributed by atoms with van der Waals surface area (Å²) in [5, 5.41) is 8.61. The Balaban J connectivity index is 2.16. The fourth-order valence-electron chi connectivity index (χ4n) is 1.35. The van der Waals surface area contributed by atoms with Gasteiger partial charge in [0, 0.05) is 18.9 Å². The SMILES string of the molecule is Cc1cnccc1CNc1n[nH]c(=O)[nH]c1=O. The number of hydrogen-bond acceptors (Lipinski definition) is 5. The van der Waals surface area contributed by atoms with E-state index in [2.05, 4.69) is 25.5 Å². The third-order valence-corrected chi connectivity index (χ3v) is 2.29. The van der Waals surface area contributed by atoms with Crippen LogP contribution in [0.4, 0.5) is 5.82 Å². The maximum absolute atomic E-state index is 11.3. The fourth-order valence-corrected chi connectivity index (χ4v) is 1.35. The number of anilines is 1. The summed E-state index contributed by atoms with van der Waals surface area (Å²) in [4.78, 5) is 28.2. The van der Waals surface area contributed by atoms with E-state index in [1.807, 2.05) is 13.0 Å². The van der Waals surface area contributed by atoms with Gasteiger partial charge in [0.1, 0.15) is 0 Å². The van der Waals surface area contributed by atoms with E-state index in [1.165, 1.54) is 0 Å². The second-order valence-corrected chi connectivity index (χ2v) is 3.51. The number of aryl methyl sites for hydroxylation is 1. The molecular formula is C10H11N5O2. The van der Waals surface area contributed by atoms with E-state index < -0.39 is 11.2 Å². The summed E-state index contributed by atoms with van der Waals surface area (Å²) in [6.45, 7) is 2.37. The maximum Gasteiger partial charge on any atom is 0.342 e. The molecule has 0 bridgehead atoms. The highest BCUT2D eigenvalue weighted by atomic mass is 16.2. The number of aromatic amines is 2. The van der Waals surface area contributed by atoms with Gasteiger partial charge < -0.3 is 5.32 Å². The Hall–Kier alpha value is -2.44. The normalized spacial score (nSPS) is 10.2. The molecule has 0 radical (unpaired) electrons. The smallest absolute Gasteiger partial charge is 0.342 e. The van der Waals surface area contributed by atoms with Gasteiger partial charge in [0.05, 0.1) is 0 Å². The first kappa shape index (κ1) is 11.1. The molecule has 0 fully saturated rings. The number of rotatable bonds is 3. The third-order valence-electron chi connectivity index (χ3n) is 2.29. The summed E-state index contributed by atoms with van der Waals surface area (Å²) in [5.41, 5.74) is 0.856. The molecular weight excluding hydrogens is 222 g/mol. The van der Waals surface area contributed by atoms with Crippen LogP contribution in [0.25, 0.3) is 0 Å². The zero-order valence-electron chi connectivity index (χ0n) is 9.15. The van der Waals surface area contributed by atoms with Gasteiger partial charge in [-0.15, -0.1) is 5.10 Å². The van der Waals surface area contributed by atoms with E-state index in [1.54, 1.807) is 12.4 Å². The van der Waals surface area contributed by atoms with Gasteiger partial charge in [-0.05, 0) is 24.1 Å². The van der Waals surface area contributed by atoms with Crippen molar-refractivity contribution in [3.05, 3.63) is 50.4 Å². The fraction of sp³-hybridized carbons (Fsp3) is 0.200. The molecule has 0 aliphatic heterocycles. The van der Waals surface area contributed by atoms with Crippen LogP contribution in [0, 0.1) is 6.92 Å². The molecule has 2 aromatic rings. The van der Waals surface area contributed by atoms with E-state index in [9.17, 15) is 9.59 Å². The van der Waals surface area contributed by atoms with Gasteiger partial charge >= 0.3 is 5.69 Å². The molecule has 0 saturated heterocycles. The molecule has 88 valence electrons. The minimum atomic E-state index is -0.624. The number of H-pyrrole nitrogens is 2. The summed E-state index contributed by atoms with van der Waals surface area (Å²) in [6.07, 6.45) is 3.41. The Labute approximate surface area is 95.9 Å². The van der Waals surface area contributed by atoms with E-state index in [0.29, 0.717) is 6.54 Å². The standard InChI is InChI=1S/C10H11N5O2/c1-6-4-11-3-2-7(6)5-12-8-9(16)13-10(17)15-14-8/h2-4H,5H2,1H3,(H,12,14)(H2,13,15,16,17). The van der Waals surface area contributed by atoms with Gasteiger partial charge in [0.2, 0.25) is 5.82 Å². The van der Waals surface area contributed by atoms with Crippen molar-refractivity contribution < 1.29 is 0 Å². The summed E-state index contributed by atoms with van der Waals surface area (Å²) < 4.78 is 0. The van der Waals surface area contributed by atoms with Crippen LogP contribution in [-0.4, -0.2) is 20.2 Å². The molecule has 0 atom stereocenters. The molecule has 0 saturated carbocycles. The lowest BCUT2D eigenvalue weighted by Gasteiger charge is -2.06. The first-order chi connectivity index (χ1) is 8.16. The highest BCUT2D eigenvalue weighted by molar-refractivity contribution is 5.32. The van der Waals surface area contributed by atoms with Crippen LogP contribution >= 0.6 is 0 Å². The highest BCUT2D eigenvalue weighted by Crippen LogP contribution is 2.05.